The van der Waals surface area contributed by atoms with Crippen LogP contribution < -0.4 is 11.1 Å². The van der Waals surface area contributed by atoms with Crippen LogP contribution in [0.25, 0.3) is 17.2 Å². The highest BCUT2D eigenvalue weighted by Gasteiger charge is 2.14. The maximum atomic E-state index is 12.6. The van der Waals surface area contributed by atoms with Crippen LogP contribution in [0.15, 0.2) is 77.7 Å². The van der Waals surface area contributed by atoms with Crippen LogP contribution in [-0.4, -0.2) is 32.2 Å². The molecule has 3 rings (SSSR count). The van der Waals surface area contributed by atoms with E-state index in [1.807, 2.05) is 51.1 Å². The number of carbonyl (C=O) groups excluding carboxylic acids is 2. The molecule has 0 atom stereocenters. The lowest BCUT2D eigenvalue weighted by atomic mass is 10.0. The van der Waals surface area contributed by atoms with Crippen LogP contribution >= 0.6 is 0 Å². The van der Waals surface area contributed by atoms with Crippen molar-refractivity contribution in [3.05, 3.63) is 83.9 Å². The molecule has 36 heavy (non-hydrogen) atoms. The fourth-order valence-corrected chi connectivity index (χ4v) is 4.01. The second-order valence-corrected chi connectivity index (χ2v) is 11.4. The first-order valence-corrected chi connectivity index (χ1v) is 13.2. The van der Waals surface area contributed by atoms with E-state index in [-0.39, 0.29) is 17.2 Å². The molecule has 0 aliphatic carbocycles. The lowest BCUT2D eigenvalue weighted by molar-refractivity contribution is -0.148. The molecule has 3 N–H and O–H groups in total. The van der Waals surface area contributed by atoms with Gasteiger partial charge in [0.05, 0.1) is 22.7 Å². The third-order valence-corrected chi connectivity index (χ3v) is 6.23. The van der Waals surface area contributed by atoms with E-state index in [2.05, 4.69) is 5.32 Å². The first-order valence-electron chi connectivity index (χ1n) is 11.3. The number of nitrogens with one attached hydrogen (secondary N) is 1. The van der Waals surface area contributed by atoms with E-state index in [4.69, 9.17) is 10.5 Å². The Hall–Kier alpha value is -3.91. The summed E-state index contributed by atoms with van der Waals surface area (Å²) in [6.45, 7) is 5.42. The van der Waals surface area contributed by atoms with E-state index in [0.29, 0.717) is 11.4 Å². The van der Waals surface area contributed by atoms with Crippen molar-refractivity contribution in [3.8, 4) is 11.1 Å². The Bertz CT molecular complexity index is 1390. The molecule has 7 nitrogen and oxygen atoms in total. The first-order chi connectivity index (χ1) is 16.8. The van der Waals surface area contributed by atoms with Crippen LogP contribution in [0.5, 0.6) is 0 Å². The molecule has 8 heteroatoms. The van der Waals surface area contributed by atoms with Crippen molar-refractivity contribution >= 4 is 39.2 Å². The van der Waals surface area contributed by atoms with Gasteiger partial charge in [-0.1, -0.05) is 42.5 Å². The summed E-state index contributed by atoms with van der Waals surface area (Å²) in [6.07, 6.45) is 4.36. The molecule has 3 aromatic rings. The van der Waals surface area contributed by atoms with Crippen LogP contribution in [0.3, 0.4) is 0 Å². The van der Waals surface area contributed by atoms with Gasteiger partial charge in [-0.3, -0.25) is 4.79 Å². The predicted molar refractivity (Wildman–Crippen MR) is 143 cm³/mol. The molecule has 0 aliphatic heterocycles. The number of esters is 1. The quantitative estimate of drug-likeness (QED) is 0.268. The number of nitrogens with two attached hydrogens (primary N) is 1. The van der Waals surface area contributed by atoms with Gasteiger partial charge in [-0.05, 0) is 73.4 Å². The molecular weight excluding hydrogens is 476 g/mol. The van der Waals surface area contributed by atoms with Gasteiger partial charge < -0.3 is 15.8 Å². The average molecular weight is 507 g/mol. The average Bonchev–Trinajstić information content (AvgIpc) is 2.78. The standard InChI is InChI=1S/C28H30N2O5S/c1-28(2,3)35-27(32)16-9-19-5-7-20(8-6-19)17-26(31)30-25-15-12-22(18-24(25)29)21-10-13-23(14-11-21)36(4,33)34/h5-16,18H,17,29H2,1-4H3,(H,30,31)/b16-9+. The number of hydrogen-bond acceptors (Lipinski definition) is 6. The number of nitrogen functional groups attached to an aromatic ring is 1. The first kappa shape index (κ1) is 26.7. The van der Waals surface area contributed by atoms with E-state index in [9.17, 15) is 18.0 Å². The number of rotatable bonds is 7. The molecule has 0 bridgehead atoms. The molecule has 0 fully saturated rings. The molecule has 0 radical (unpaired) electrons. The van der Waals surface area contributed by atoms with Gasteiger partial charge in [-0.2, -0.15) is 0 Å². The van der Waals surface area contributed by atoms with E-state index in [1.165, 1.54) is 6.08 Å². The summed E-state index contributed by atoms with van der Waals surface area (Å²) in [6, 6.07) is 19.1. The highest BCUT2D eigenvalue weighted by atomic mass is 32.2. The monoisotopic (exact) mass is 506 g/mol. The van der Waals surface area contributed by atoms with Crippen molar-refractivity contribution in [2.45, 2.75) is 37.7 Å². The summed E-state index contributed by atoms with van der Waals surface area (Å²) in [4.78, 5) is 24.6. The number of carbonyl (C=O) groups is 2. The fourth-order valence-electron chi connectivity index (χ4n) is 3.38. The zero-order valence-corrected chi connectivity index (χ0v) is 21.6. The number of sulfone groups is 1. The molecule has 0 aromatic heterocycles. The van der Waals surface area contributed by atoms with Gasteiger partial charge in [0.1, 0.15) is 5.60 Å². The summed E-state index contributed by atoms with van der Waals surface area (Å²) in [5.74, 6) is -0.635. The Morgan fingerprint density at radius 2 is 1.56 bits per heavy atom. The summed E-state index contributed by atoms with van der Waals surface area (Å²) in [5.41, 5.74) is 9.75. The normalized spacial score (nSPS) is 11.9. The van der Waals surface area contributed by atoms with Crippen molar-refractivity contribution < 1.29 is 22.7 Å². The Kier molecular flexibility index (Phi) is 8.00. The van der Waals surface area contributed by atoms with Gasteiger partial charge in [-0.15, -0.1) is 0 Å². The molecule has 0 unspecified atom stereocenters. The summed E-state index contributed by atoms with van der Waals surface area (Å²) in [5, 5.41) is 2.82. The van der Waals surface area contributed by atoms with E-state index >= 15 is 0 Å². The maximum Gasteiger partial charge on any atom is 0.331 e. The van der Waals surface area contributed by atoms with Crippen molar-refractivity contribution in [2.24, 2.45) is 0 Å². The SMILES string of the molecule is CC(C)(C)OC(=O)/C=C/c1ccc(CC(=O)Nc2ccc(-c3ccc(S(C)(=O)=O)cc3)cc2N)cc1. The molecular formula is C28H30N2O5S. The maximum absolute atomic E-state index is 12.6. The van der Waals surface area contributed by atoms with E-state index in [0.717, 1.165) is 28.5 Å². The van der Waals surface area contributed by atoms with Crippen LogP contribution in [0, 0.1) is 0 Å². The van der Waals surface area contributed by atoms with Crippen LogP contribution in [-0.2, 0) is 30.6 Å². The molecule has 3 aromatic carbocycles. The second-order valence-electron chi connectivity index (χ2n) is 9.43. The largest absolute Gasteiger partial charge is 0.457 e. The van der Waals surface area contributed by atoms with E-state index < -0.39 is 21.4 Å². The Morgan fingerprint density at radius 3 is 2.11 bits per heavy atom. The molecule has 0 aliphatic rings. The van der Waals surface area contributed by atoms with Gasteiger partial charge in [0.25, 0.3) is 0 Å². The summed E-state index contributed by atoms with van der Waals surface area (Å²) < 4.78 is 28.5. The zero-order valence-electron chi connectivity index (χ0n) is 20.7. The molecule has 0 saturated carbocycles. The van der Waals surface area contributed by atoms with Crippen molar-refractivity contribution in [1.82, 2.24) is 0 Å². The van der Waals surface area contributed by atoms with E-state index in [1.54, 1.807) is 42.5 Å². The predicted octanol–water partition coefficient (Wildman–Crippen LogP) is 4.88. The topological polar surface area (TPSA) is 116 Å². The lowest BCUT2D eigenvalue weighted by Gasteiger charge is -2.17. The number of benzene rings is 3. The Balaban J connectivity index is 1.60. The van der Waals surface area contributed by atoms with Crippen molar-refractivity contribution in [1.29, 1.82) is 0 Å². The van der Waals surface area contributed by atoms with Gasteiger partial charge in [0.2, 0.25) is 5.91 Å². The Labute approximate surface area is 211 Å². The highest BCUT2D eigenvalue weighted by molar-refractivity contribution is 7.90. The van der Waals surface area contributed by atoms with Gasteiger partial charge in [0, 0.05) is 12.3 Å². The number of amides is 1. The van der Waals surface area contributed by atoms with Crippen LogP contribution in [0.1, 0.15) is 31.9 Å². The number of anilines is 2. The lowest BCUT2D eigenvalue weighted by Crippen LogP contribution is -2.22. The minimum Gasteiger partial charge on any atom is -0.457 e. The summed E-state index contributed by atoms with van der Waals surface area (Å²) in [7, 11) is -3.27. The molecule has 188 valence electrons. The second kappa shape index (κ2) is 10.8. The molecule has 0 heterocycles. The smallest absolute Gasteiger partial charge is 0.331 e. The number of ether oxygens (including phenoxy) is 1. The van der Waals surface area contributed by atoms with Gasteiger partial charge >= 0.3 is 5.97 Å². The third kappa shape index (κ3) is 7.81. The van der Waals surface area contributed by atoms with Crippen molar-refractivity contribution in [2.75, 3.05) is 17.3 Å². The zero-order chi connectivity index (χ0) is 26.5. The van der Waals surface area contributed by atoms with Gasteiger partial charge in [-0.25, -0.2) is 13.2 Å². The molecule has 1 amide bonds. The van der Waals surface area contributed by atoms with Crippen molar-refractivity contribution in [3.63, 3.8) is 0 Å². The van der Waals surface area contributed by atoms with Crippen LogP contribution in [0.2, 0.25) is 0 Å². The molecule has 0 saturated heterocycles. The van der Waals surface area contributed by atoms with Crippen LogP contribution in [0.4, 0.5) is 11.4 Å². The fraction of sp³-hybridized carbons (Fsp3) is 0.214. The molecule has 0 spiro atoms. The number of hydrogen-bond donors (Lipinski definition) is 2. The Morgan fingerprint density at radius 1 is 0.944 bits per heavy atom. The minimum absolute atomic E-state index is 0.157. The van der Waals surface area contributed by atoms with Gasteiger partial charge in [0.15, 0.2) is 9.84 Å². The summed E-state index contributed by atoms with van der Waals surface area (Å²) >= 11 is 0. The highest BCUT2D eigenvalue weighted by Crippen LogP contribution is 2.28. The third-order valence-electron chi connectivity index (χ3n) is 5.10. The minimum atomic E-state index is -3.27.